The maximum atomic E-state index is 15.0. The van der Waals surface area contributed by atoms with Crippen molar-refractivity contribution < 1.29 is 36.0 Å². The fourth-order valence-corrected chi connectivity index (χ4v) is 4.41. The molecule has 3 rings (SSSR count). The molecule has 1 N–H and O–H groups in total. The number of benzene rings is 2. The second-order valence-corrected chi connectivity index (χ2v) is 10.8. The third-order valence-electron chi connectivity index (χ3n) is 5.58. The van der Waals surface area contributed by atoms with Gasteiger partial charge in [0.2, 0.25) is 0 Å². The van der Waals surface area contributed by atoms with Crippen molar-refractivity contribution in [2.75, 3.05) is 34.1 Å². The first kappa shape index (κ1) is 26.3. The molecule has 1 aliphatic heterocycles. The predicted molar refractivity (Wildman–Crippen MR) is 128 cm³/mol. The highest BCUT2D eigenvalue weighted by Gasteiger charge is 2.33. The van der Waals surface area contributed by atoms with Gasteiger partial charge < -0.3 is 23.3 Å². The van der Waals surface area contributed by atoms with Gasteiger partial charge in [0.05, 0.1) is 39.7 Å². The number of carbonyl (C=O) groups excluding carboxylic acids is 1. The summed E-state index contributed by atoms with van der Waals surface area (Å²) in [6.07, 6.45) is 0.928. The van der Waals surface area contributed by atoms with Crippen LogP contribution in [0.4, 0.5) is 4.39 Å². The first-order valence-corrected chi connectivity index (χ1v) is 12.5. The molecule has 1 heterocycles. The van der Waals surface area contributed by atoms with E-state index in [0.717, 1.165) is 6.26 Å². The molecule has 0 aromatic heterocycles. The van der Waals surface area contributed by atoms with E-state index < -0.39 is 21.4 Å². The van der Waals surface area contributed by atoms with E-state index in [9.17, 15) is 13.2 Å². The van der Waals surface area contributed by atoms with E-state index in [2.05, 4.69) is 0 Å². The fraction of sp³-hybridized carbons (Fsp3) is 0.417. The van der Waals surface area contributed by atoms with Crippen molar-refractivity contribution in [3.8, 4) is 23.0 Å². The molecular formula is C24H29FN2O7S. The number of carbonyl (C=O) groups is 1. The van der Waals surface area contributed by atoms with Crippen LogP contribution in [0.2, 0.25) is 0 Å². The van der Waals surface area contributed by atoms with Crippen LogP contribution in [-0.4, -0.2) is 59.1 Å². The van der Waals surface area contributed by atoms with Crippen molar-refractivity contribution in [1.29, 1.82) is 5.41 Å². The Bertz CT molecular complexity index is 1300. The number of Topliss-reactive ketones (excluding diaryl/α,β-unsaturated/α-hetero) is 1. The SMILES string of the molecule is COc1cc(C(=O)CN2Cc3cc(OC)c(OC)c(F)c3C2=N)cc(C(C)(C)C)c1OS(C)(=O)=O. The Morgan fingerprint density at radius 1 is 1.06 bits per heavy atom. The largest absolute Gasteiger partial charge is 0.493 e. The standard InChI is InChI=1S/C24H29FN2O7S/c1-24(2,3)15-8-13(9-17(31-4)21(15)34-35(7,29)30)16(28)12-27-11-14-10-18(32-5)22(33-6)20(25)19(14)23(27)26/h8-10,26H,11-12H2,1-7H3. The first-order valence-electron chi connectivity index (χ1n) is 10.6. The molecule has 1 aliphatic rings. The third-order valence-corrected chi connectivity index (χ3v) is 6.05. The fourth-order valence-electron chi connectivity index (χ4n) is 3.93. The highest BCUT2D eigenvalue weighted by atomic mass is 32.2. The van der Waals surface area contributed by atoms with Crippen molar-refractivity contribution in [2.45, 2.75) is 32.7 Å². The number of ketones is 1. The topological polar surface area (TPSA) is 115 Å². The Hall–Kier alpha value is -3.34. The highest BCUT2D eigenvalue weighted by molar-refractivity contribution is 7.86. The number of hydrogen-bond acceptors (Lipinski definition) is 8. The van der Waals surface area contributed by atoms with E-state index in [4.69, 9.17) is 23.8 Å². The summed E-state index contributed by atoms with van der Waals surface area (Å²) in [5, 5.41) is 8.46. The Labute approximate surface area is 204 Å². The molecule has 2 aromatic rings. The Balaban J connectivity index is 1.98. The summed E-state index contributed by atoms with van der Waals surface area (Å²) < 4.78 is 59.5. The van der Waals surface area contributed by atoms with Gasteiger partial charge in [0, 0.05) is 17.7 Å². The van der Waals surface area contributed by atoms with E-state index in [1.54, 1.807) is 12.1 Å². The number of hydrogen-bond donors (Lipinski definition) is 1. The Morgan fingerprint density at radius 3 is 2.17 bits per heavy atom. The Morgan fingerprint density at radius 2 is 1.66 bits per heavy atom. The number of halogens is 1. The highest BCUT2D eigenvalue weighted by Crippen LogP contribution is 2.41. The van der Waals surface area contributed by atoms with E-state index in [-0.39, 0.29) is 58.8 Å². The van der Waals surface area contributed by atoms with Gasteiger partial charge in [-0.1, -0.05) is 20.8 Å². The van der Waals surface area contributed by atoms with Gasteiger partial charge in [-0.3, -0.25) is 10.2 Å². The molecule has 0 amide bonds. The van der Waals surface area contributed by atoms with Gasteiger partial charge in [0.25, 0.3) is 0 Å². The Kier molecular flexibility index (Phi) is 7.03. The zero-order chi connectivity index (χ0) is 26.3. The van der Waals surface area contributed by atoms with E-state index in [0.29, 0.717) is 11.1 Å². The van der Waals surface area contributed by atoms with Gasteiger partial charge in [-0.15, -0.1) is 0 Å². The number of nitrogens with zero attached hydrogens (tertiary/aromatic N) is 1. The van der Waals surface area contributed by atoms with Crippen LogP contribution in [0.1, 0.15) is 47.8 Å². The van der Waals surface area contributed by atoms with Crippen LogP contribution in [-0.2, 0) is 22.1 Å². The monoisotopic (exact) mass is 508 g/mol. The summed E-state index contributed by atoms with van der Waals surface area (Å²) >= 11 is 0. The van der Waals surface area contributed by atoms with Gasteiger partial charge in [0.1, 0.15) is 5.84 Å². The zero-order valence-electron chi connectivity index (χ0n) is 20.7. The number of fused-ring (bicyclic) bond motifs is 1. The molecule has 0 atom stereocenters. The summed E-state index contributed by atoms with van der Waals surface area (Å²) in [7, 11) is 0.195. The molecule has 0 bridgehead atoms. The second kappa shape index (κ2) is 9.37. The summed E-state index contributed by atoms with van der Waals surface area (Å²) in [6, 6.07) is 4.55. The number of methoxy groups -OCH3 is 3. The molecule has 0 saturated carbocycles. The minimum absolute atomic E-state index is 0.0154. The second-order valence-electron chi connectivity index (χ2n) is 9.18. The van der Waals surface area contributed by atoms with Crippen molar-refractivity contribution >= 4 is 21.7 Å². The minimum Gasteiger partial charge on any atom is -0.493 e. The smallest absolute Gasteiger partial charge is 0.306 e. The average molecular weight is 509 g/mol. The van der Waals surface area contributed by atoms with E-state index >= 15 is 4.39 Å². The van der Waals surface area contributed by atoms with Gasteiger partial charge in [-0.05, 0) is 29.2 Å². The average Bonchev–Trinajstić information content (AvgIpc) is 3.06. The van der Waals surface area contributed by atoms with Crippen molar-refractivity contribution in [2.24, 2.45) is 0 Å². The lowest BCUT2D eigenvalue weighted by molar-refractivity contribution is 0.0962. The van der Waals surface area contributed by atoms with Crippen LogP contribution in [0.3, 0.4) is 0 Å². The number of ether oxygens (including phenoxy) is 3. The van der Waals surface area contributed by atoms with Gasteiger partial charge in [-0.25, -0.2) is 4.39 Å². The lowest BCUT2D eigenvalue weighted by Crippen LogP contribution is -2.30. The van der Waals surface area contributed by atoms with Crippen molar-refractivity contribution in [3.63, 3.8) is 0 Å². The maximum absolute atomic E-state index is 15.0. The minimum atomic E-state index is -3.86. The van der Waals surface area contributed by atoms with Crippen LogP contribution >= 0.6 is 0 Å². The molecule has 11 heteroatoms. The van der Waals surface area contributed by atoms with Crippen molar-refractivity contribution in [1.82, 2.24) is 4.90 Å². The molecule has 190 valence electrons. The number of nitrogens with one attached hydrogen (secondary N) is 1. The molecule has 0 aliphatic carbocycles. The molecule has 0 fully saturated rings. The van der Waals surface area contributed by atoms with Crippen LogP contribution in [0.5, 0.6) is 23.0 Å². The summed E-state index contributed by atoms with van der Waals surface area (Å²) in [5.41, 5.74) is 0.678. The lowest BCUT2D eigenvalue weighted by atomic mass is 9.84. The number of rotatable bonds is 8. The molecule has 0 unspecified atom stereocenters. The van der Waals surface area contributed by atoms with E-state index in [1.807, 2.05) is 20.8 Å². The molecule has 0 spiro atoms. The molecule has 2 aromatic carbocycles. The van der Waals surface area contributed by atoms with Crippen LogP contribution < -0.4 is 18.4 Å². The number of amidine groups is 1. The van der Waals surface area contributed by atoms with Crippen LogP contribution in [0, 0.1) is 11.2 Å². The van der Waals surface area contributed by atoms with Crippen LogP contribution in [0.25, 0.3) is 0 Å². The molecule has 9 nitrogen and oxygen atoms in total. The predicted octanol–water partition coefficient (Wildman–Crippen LogP) is 3.51. The van der Waals surface area contributed by atoms with Gasteiger partial charge in [-0.2, -0.15) is 8.42 Å². The van der Waals surface area contributed by atoms with E-state index in [1.165, 1.54) is 32.3 Å². The maximum Gasteiger partial charge on any atom is 0.306 e. The summed E-state index contributed by atoms with van der Waals surface area (Å²) in [5.74, 6) is -1.03. The van der Waals surface area contributed by atoms with Crippen molar-refractivity contribution in [3.05, 3.63) is 46.3 Å². The third kappa shape index (κ3) is 5.19. The van der Waals surface area contributed by atoms with Gasteiger partial charge in [0.15, 0.2) is 34.6 Å². The van der Waals surface area contributed by atoms with Crippen LogP contribution in [0.15, 0.2) is 18.2 Å². The summed E-state index contributed by atoms with van der Waals surface area (Å²) in [6.45, 7) is 5.47. The molecule has 35 heavy (non-hydrogen) atoms. The molecule has 0 radical (unpaired) electrons. The quantitative estimate of drug-likeness (QED) is 0.426. The first-order chi connectivity index (χ1) is 16.2. The zero-order valence-corrected chi connectivity index (χ0v) is 21.6. The summed E-state index contributed by atoms with van der Waals surface area (Å²) in [4.78, 5) is 14.7. The lowest BCUT2D eigenvalue weighted by Gasteiger charge is -2.25. The normalized spacial score (nSPS) is 13.5. The molecular weight excluding hydrogens is 479 g/mol. The van der Waals surface area contributed by atoms with Gasteiger partial charge >= 0.3 is 10.1 Å². The molecule has 0 saturated heterocycles.